The van der Waals surface area contributed by atoms with Gasteiger partial charge < -0.3 is 0 Å². The van der Waals surface area contributed by atoms with E-state index in [1.165, 1.54) is 25.9 Å². The van der Waals surface area contributed by atoms with E-state index < -0.39 is 0 Å². The van der Waals surface area contributed by atoms with Crippen LogP contribution >= 0.6 is 0 Å². The molecule has 1 heterocycles. The normalized spacial score (nSPS) is 10.8. The number of nitrogens with zero attached hydrogens (tertiary/aromatic N) is 2. The van der Waals surface area contributed by atoms with Crippen LogP contribution < -0.4 is 8.92 Å². The Morgan fingerprint density at radius 1 is 0.857 bits per heavy atom. The third kappa shape index (κ3) is 2.80. The van der Waals surface area contributed by atoms with Gasteiger partial charge in [0.2, 0.25) is 0 Å². The van der Waals surface area contributed by atoms with Gasteiger partial charge in [-0.1, -0.05) is 0 Å². The molecule has 106 valence electrons. The van der Waals surface area contributed by atoms with Gasteiger partial charge in [-0.05, 0) is 0 Å². The van der Waals surface area contributed by atoms with E-state index >= 15 is 0 Å². The molecule has 0 saturated heterocycles. The van der Waals surface area contributed by atoms with Crippen LogP contribution in [0.5, 0.6) is 0 Å². The molecular formula is C18H18N2Se. The summed E-state index contributed by atoms with van der Waals surface area (Å²) in [5.41, 5.74) is 4.82. The zero-order valence-corrected chi connectivity index (χ0v) is 14.2. The first-order valence-corrected chi connectivity index (χ1v) is 8.73. The maximum absolute atomic E-state index is 4.77. The Kier molecular flexibility index (Phi) is 3.96. The predicted molar refractivity (Wildman–Crippen MR) is 89.2 cm³/mol. The van der Waals surface area contributed by atoms with Gasteiger partial charge in [0.1, 0.15) is 0 Å². The van der Waals surface area contributed by atoms with Crippen molar-refractivity contribution in [3.63, 3.8) is 0 Å². The van der Waals surface area contributed by atoms with Gasteiger partial charge in [0.25, 0.3) is 0 Å². The Hall–Kier alpha value is -1.83. The molecule has 0 unspecified atom stereocenters. The molecule has 2 aromatic carbocycles. The summed E-state index contributed by atoms with van der Waals surface area (Å²) in [4.78, 5) is 0. The van der Waals surface area contributed by atoms with Crippen LogP contribution in [-0.2, 0) is 0 Å². The summed E-state index contributed by atoms with van der Waals surface area (Å²) in [5, 5.41) is 4.77. The van der Waals surface area contributed by atoms with E-state index in [2.05, 4.69) is 80.1 Å². The van der Waals surface area contributed by atoms with Gasteiger partial charge in [0.05, 0.1) is 0 Å². The second-order valence-electron chi connectivity index (χ2n) is 5.11. The first-order valence-electron chi connectivity index (χ1n) is 7.02. The molecule has 0 aliphatic rings. The molecule has 3 aromatic rings. The number of rotatable bonds is 3. The van der Waals surface area contributed by atoms with E-state index in [-0.39, 0.29) is 0 Å². The molecule has 0 aliphatic heterocycles. The van der Waals surface area contributed by atoms with Crippen molar-refractivity contribution in [1.29, 1.82) is 0 Å². The van der Waals surface area contributed by atoms with E-state index in [4.69, 9.17) is 5.10 Å². The molecule has 0 radical (unpaired) electrons. The van der Waals surface area contributed by atoms with Crippen LogP contribution in [0.3, 0.4) is 0 Å². The van der Waals surface area contributed by atoms with Gasteiger partial charge in [-0.3, -0.25) is 0 Å². The summed E-state index contributed by atoms with van der Waals surface area (Å²) in [6.45, 7) is 6.42. The molecule has 0 amide bonds. The minimum absolute atomic E-state index is 0.302. The van der Waals surface area contributed by atoms with Crippen LogP contribution in [0, 0.1) is 20.8 Å². The molecule has 0 bridgehead atoms. The number of para-hydroxylation sites is 1. The first kappa shape index (κ1) is 14.1. The Morgan fingerprint density at radius 3 is 2.24 bits per heavy atom. The number of hydrogen-bond acceptors (Lipinski definition) is 1. The van der Waals surface area contributed by atoms with Crippen molar-refractivity contribution in [3.8, 4) is 5.69 Å². The number of benzene rings is 2. The van der Waals surface area contributed by atoms with E-state index in [1.807, 2.05) is 0 Å². The molecule has 0 spiro atoms. The van der Waals surface area contributed by atoms with E-state index in [0.29, 0.717) is 15.0 Å². The molecule has 0 saturated carbocycles. The quantitative estimate of drug-likeness (QED) is 0.669. The van der Waals surface area contributed by atoms with Gasteiger partial charge in [-0.15, -0.1) is 0 Å². The van der Waals surface area contributed by atoms with Gasteiger partial charge in [-0.25, -0.2) is 0 Å². The molecule has 2 nitrogen and oxygen atoms in total. The van der Waals surface area contributed by atoms with Crippen LogP contribution in [0.1, 0.15) is 17.0 Å². The second-order valence-corrected chi connectivity index (χ2v) is 7.39. The standard InChI is InChI=1S/C18H18N2Se/c1-13-9-7-8-12-17(13)20-15(3)18(14(2)19-20)21-16-10-5-4-6-11-16/h4-12H,1-3H3. The SMILES string of the molecule is Cc1ccccc1-n1nc(C)c([Se]c2ccccc2)c1C. The third-order valence-electron chi connectivity index (χ3n) is 3.53. The summed E-state index contributed by atoms with van der Waals surface area (Å²) < 4.78 is 4.86. The number of aromatic nitrogens is 2. The van der Waals surface area contributed by atoms with Crippen molar-refractivity contribution in [3.05, 3.63) is 71.5 Å². The van der Waals surface area contributed by atoms with Crippen LogP contribution in [-0.4, -0.2) is 24.7 Å². The molecule has 3 heteroatoms. The molecule has 0 aliphatic carbocycles. The third-order valence-corrected chi connectivity index (χ3v) is 6.27. The Labute approximate surface area is 132 Å². The summed E-state index contributed by atoms with van der Waals surface area (Å²) in [7, 11) is 0. The summed E-state index contributed by atoms with van der Waals surface area (Å²) in [6, 6.07) is 19.1. The average molecular weight is 341 g/mol. The molecule has 3 rings (SSSR count). The van der Waals surface area contributed by atoms with Gasteiger partial charge in [0, 0.05) is 0 Å². The fraction of sp³-hybridized carbons (Fsp3) is 0.167. The van der Waals surface area contributed by atoms with Crippen molar-refractivity contribution in [2.45, 2.75) is 20.8 Å². The Bertz CT molecular complexity index is 760. The first-order chi connectivity index (χ1) is 10.2. The number of aryl methyl sites for hydroxylation is 2. The van der Waals surface area contributed by atoms with Crippen LogP contribution in [0.25, 0.3) is 5.69 Å². The zero-order valence-electron chi connectivity index (χ0n) is 12.5. The van der Waals surface area contributed by atoms with Crippen LogP contribution in [0.15, 0.2) is 54.6 Å². The summed E-state index contributed by atoms with van der Waals surface area (Å²) in [6.07, 6.45) is 0. The molecule has 0 fully saturated rings. The van der Waals surface area contributed by atoms with Crippen molar-refractivity contribution in [2.24, 2.45) is 0 Å². The fourth-order valence-electron chi connectivity index (χ4n) is 2.42. The predicted octanol–water partition coefficient (Wildman–Crippen LogP) is 2.45. The molecular weight excluding hydrogens is 323 g/mol. The zero-order chi connectivity index (χ0) is 14.8. The van der Waals surface area contributed by atoms with Crippen molar-refractivity contribution in [2.75, 3.05) is 0 Å². The van der Waals surface area contributed by atoms with Crippen molar-refractivity contribution in [1.82, 2.24) is 9.78 Å². The maximum atomic E-state index is 4.77. The second kappa shape index (κ2) is 5.88. The van der Waals surface area contributed by atoms with Crippen molar-refractivity contribution >= 4 is 23.9 Å². The summed E-state index contributed by atoms with van der Waals surface area (Å²) in [5.74, 6) is 0. The van der Waals surface area contributed by atoms with E-state index in [1.54, 1.807) is 0 Å². The topological polar surface area (TPSA) is 17.8 Å². The van der Waals surface area contributed by atoms with Gasteiger partial charge in [0.15, 0.2) is 0 Å². The molecule has 0 N–H and O–H groups in total. The molecule has 0 atom stereocenters. The number of hydrogen-bond donors (Lipinski definition) is 0. The van der Waals surface area contributed by atoms with Gasteiger partial charge >= 0.3 is 132 Å². The minimum atomic E-state index is 0.302. The Balaban J connectivity index is 2.03. The van der Waals surface area contributed by atoms with Gasteiger partial charge in [-0.2, -0.15) is 0 Å². The molecule has 21 heavy (non-hydrogen) atoms. The Morgan fingerprint density at radius 2 is 1.52 bits per heavy atom. The summed E-state index contributed by atoms with van der Waals surface area (Å²) >= 11 is 0.302. The fourth-order valence-corrected chi connectivity index (χ4v) is 4.41. The average Bonchev–Trinajstić information content (AvgIpc) is 2.77. The van der Waals surface area contributed by atoms with E-state index in [0.717, 1.165) is 5.69 Å². The monoisotopic (exact) mass is 342 g/mol. The molecule has 1 aromatic heterocycles. The van der Waals surface area contributed by atoms with Crippen molar-refractivity contribution < 1.29 is 0 Å². The van der Waals surface area contributed by atoms with Crippen LogP contribution in [0.4, 0.5) is 0 Å². The van der Waals surface area contributed by atoms with Crippen LogP contribution in [0.2, 0.25) is 0 Å². The van der Waals surface area contributed by atoms with E-state index in [9.17, 15) is 0 Å².